The molecule has 0 saturated heterocycles. The van der Waals surface area contributed by atoms with Crippen molar-refractivity contribution in [2.45, 2.75) is 45.6 Å². The number of amides is 3. The number of benzene rings is 2. The molecule has 2 aromatic carbocycles. The van der Waals surface area contributed by atoms with Gasteiger partial charge in [0.1, 0.15) is 29.7 Å². The molecule has 52 heavy (non-hydrogen) atoms. The van der Waals surface area contributed by atoms with E-state index in [2.05, 4.69) is 36.4 Å². The van der Waals surface area contributed by atoms with E-state index in [1.165, 1.54) is 47.7 Å². The Kier molecular flexibility index (Phi) is 10.2. The number of hydrogen-bond acceptors (Lipinski definition) is 9. The Labute approximate surface area is 302 Å². The molecule has 14 heteroatoms. The Hall–Kier alpha value is -5.47. The van der Waals surface area contributed by atoms with E-state index in [-0.39, 0.29) is 29.4 Å². The number of nitrogens with zero attached hydrogens (tertiary/aromatic N) is 2. The number of carbonyl (C=O) groups excluding carboxylic acids is 3. The molecule has 2 atom stereocenters. The van der Waals surface area contributed by atoms with Gasteiger partial charge in [0.05, 0.1) is 20.8 Å². The van der Waals surface area contributed by atoms with Crippen molar-refractivity contribution < 1.29 is 37.4 Å². The second kappa shape index (κ2) is 14.6. The van der Waals surface area contributed by atoms with Crippen LogP contribution in [0.1, 0.15) is 45.2 Å². The number of anilines is 2. The Morgan fingerprint density at radius 2 is 1.63 bits per heavy atom. The van der Waals surface area contributed by atoms with Crippen molar-refractivity contribution in [2.24, 2.45) is 16.6 Å². The molecule has 0 spiro atoms. The summed E-state index contributed by atoms with van der Waals surface area (Å²) in [7, 11) is 1.55. The van der Waals surface area contributed by atoms with E-state index in [1.807, 2.05) is 24.3 Å². The summed E-state index contributed by atoms with van der Waals surface area (Å²) in [4.78, 5) is 47.6. The van der Waals surface area contributed by atoms with Crippen LogP contribution in [0.15, 0.2) is 79.0 Å². The van der Waals surface area contributed by atoms with Gasteiger partial charge in [0, 0.05) is 48.4 Å². The van der Waals surface area contributed by atoms with Crippen LogP contribution >= 0.6 is 11.3 Å². The molecule has 0 bridgehead atoms. The van der Waals surface area contributed by atoms with Crippen LogP contribution in [0.25, 0.3) is 20.8 Å². The number of ether oxygens (including phenoxy) is 3. The fourth-order valence-corrected chi connectivity index (χ4v) is 7.07. The van der Waals surface area contributed by atoms with E-state index in [0.29, 0.717) is 40.2 Å². The minimum Gasteiger partial charge on any atom is -0.453 e. The van der Waals surface area contributed by atoms with Crippen molar-refractivity contribution in [3.63, 3.8) is 0 Å². The molecule has 0 radical (unpaired) electrons. The van der Waals surface area contributed by atoms with Crippen LogP contribution in [0.4, 0.5) is 25.0 Å². The lowest BCUT2D eigenvalue weighted by atomic mass is 9.75. The number of carbonyl (C=O) groups is 3. The van der Waals surface area contributed by atoms with Gasteiger partial charge in [-0.05, 0) is 72.9 Å². The number of halogens is 2. The van der Waals surface area contributed by atoms with Crippen molar-refractivity contribution in [3.05, 3.63) is 96.3 Å². The molecular weight excluding hydrogens is 693 g/mol. The monoisotopic (exact) mass is 729 g/mol. The molecule has 1 fully saturated rings. The first-order chi connectivity index (χ1) is 24.8. The van der Waals surface area contributed by atoms with Crippen molar-refractivity contribution in [1.82, 2.24) is 9.97 Å². The molecule has 2 unspecified atom stereocenters. The summed E-state index contributed by atoms with van der Waals surface area (Å²) in [5.41, 5.74) is 6.16. The molecule has 0 aliphatic heterocycles. The molecule has 1 aliphatic rings. The summed E-state index contributed by atoms with van der Waals surface area (Å²) in [5, 5.41) is 5.29. The maximum absolute atomic E-state index is 15.4. The lowest BCUT2D eigenvalue weighted by Gasteiger charge is -2.35. The highest BCUT2D eigenvalue weighted by molar-refractivity contribution is 7.22. The van der Waals surface area contributed by atoms with Gasteiger partial charge in [-0.25, -0.2) is 13.6 Å². The molecule has 270 valence electrons. The minimum absolute atomic E-state index is 0.0338. The Bertz CT molecular complexity index is 2130. The fraction of sp³-hybridized carbons (Fsp3) is 0.289. The predicted octanol–water partition coefficient (Wildman–Crippen LogP) is 8.03. The highest BCUT2D eigenvalue weighted by Gasteiger charge is 2.56. The van der Waals surface area contributed by atoms with Gasteiger partial charge in [0.15, 0.2) is 11.6 Å². The largest absolute Gasteiger partial charge is 0.453 e. The normalized spacial score (nSPS) is 14.7. The molecular formula is C38H37F2N5O6S. The maximum Gasteiger partial charge on any atom is 0.404 e. The molecule has 3 amide bonds. The SMILES string of the molecule is COC(COC(N)=O)C(c1cccc(-c2cc3nccc(Oc4ccc(NC(=O)C5(C(=O)Nc6ccc(F)cc6)CC5)cc4F)c3s2)n1)C(C)(C)C. The van der Waals surface area contributed by atoms with E-state index >= 15 is 4.39 Å². The van der Waals surface area contributed by atoms with Gasteiger partial charge in [0.25, 0.3) is 0 Å². The van der Waals surface area contributed by atoms with E-state index < -0.39 is 41.1 Å². The number of rotatable bonds is 12. The molecule has 5 aromatic rings. The number of methoxy groups -OCH3 is 1. The molecule has 11 nitrogen and oxygen atoms in total. The molecule has 1 aliphatic carbocycles. The van der Waals surface area contributed by atoms with Gasteiger partial charge < -0.3 is 30.6 Å². The summed E-state index contributed by atoms with van der Waals surface area (Å²) in [6, 6.07) is 18.4. The number of primary amides is 1. The molecule has 6 rings (SSSR count). The van der Waals surface area contributed by atoms with E-state index in [0.717, 1.165) is 16.6 Å². The zero-order chi connectivity index (χ0) is 37.2. The Morgan fingerprint density at radius 1 is 0.942 bits per heavy atom. The third-order valence-corrected chi connectivity index (χ3v) is 10.0. The molecule has 4 N–H and O–H groups in total. The maximum atomic E-state index is 15.4. The summed E-state index contributed by atoms with van der Waals surface area (Å²) in [6.45, 7) is 6.12. The molecule has 3 aromatic heterocycles. The van der Waals surface area contributed by atoms with Crippen molar-refractivity contribution >= 4 is 50.8 Å². The summed E-state index contributed by atoms with van der Waals surface area (Å²) in [6.07, 6.45) is 0.827. The van der Waals surface area contributed by atoms with Crippen LogP contribution in [0.2, 0.25) is 0 Å². The van der Waals surface area contributed by atoms with Crippen LogP contribution < -0.4 is 21.1 Å². The zero-order valence-corrected chi connectivity index (χ0v) is 29.7. The number of nitrogens with one attached hydrogen (secondary N) is 2. The topological polar surface area (TPSA) is 155 Å². The van der Waals surface area contributed by atoms with Gasteiger partial charge >= 0.3 is 6.09 Å². The first-order valence-electron chi connectivity index (χ1n) is 16.4. The smallest absolute Gasteiger partial charge is 0.404 e. The van der Waals surface area contributed by atoms with Gasteiger partial charge in [-0.1, -0.05) is 26.8 Å². The van der Waals surface area contributed by atoms with Crippen LogP contribution in [0.5, 0.6) is 11.5 Å². The second-order valence-electron chi connectivity index (χ2n) is 13.6. The van der Waals surface area contributed by atoms with E-state index in [1.54, 1.807) is 19.4 Å². The van der Waals surface area contributed by atoms with E-state index in [4.69, 9.17) is 24.9 Å². The third-order valence-electron chi connectivity index (χ3n) is 8.85. The van der Waals surface area contributed by atoms with E-state index in [9.17, 15) is 18.8 Å². The van der Waals surface area contributed by atoms with Crippen molar-refractivity contribution in [2.75, 3.05) is 24.4 Å². The number of pyridine rings is 2. The number of thiophene rings is 1. The number of nitrogens with two attached hydrogens (primary N) is 1. The third kappa shape index (κ3) is 7.87. The predicted molar refractivity (Wildman–Crippen MR) is 193 cm³/mol. The van der Waals surface area contributed by atoms with Gasteiger partial charge in [-0.15, -0.1) is 11.3 Å². The first kappa shape index (κ1) is 36.3. The Morgan fingerprint density at radius 3 is 2.27 bits per heavy atom. The van der Waals surface area contributed by atoms with Gasteiger partial charge in [0.2, 0.25) is 11.8 Å². The van der Waals surface area contributed by atoms with Crippen LogP contribution in [0, 0.1) is 22.5 Å². The highest BCUT2D eigenvalue weighted by atomic mass is 32.1. The average molecular weight is 730 g/mol. The fourth-order valence-electron chi connectivity index (χ4n) is 6.04. The quantitative estimate of drug-likeness (QED) is 0.109. The van der Waals surface area contributed by atoms with Crippen LogP contribution in [-0.2, 0) is 19.1 Å². The minimum atomic E-state index is -1.30. The number of hydrogen-bond donors (Lipinski definition) is 3. The average Bonchev–Trinajstić information content (AvgIpc) is 3.80. The lowest BCUT2D eigenvalue weighted by Crippen LogP contribution is -2.36. The molecule has 1 saturated carbocycles. The number of aromatic nitrogens is 2. The zero-order valence-electron chi connectivity index (χ0n) is 28.9. The highest BCUT2D eigenvalue weighted by Crippen LogP contribution is 2.48. The van der Waals surface area contributed by atoms with Crippen LogP contribution in [0.3, 0.4) is 0 Å². The van der Waals surface area contributed by atoms with Gasteiger partial charge in [-0.2, -0.15) is 0 Å². The summed E-state index contributed by atoms with van der Waals surface area (Å²) >= 11 is 1.38. The van der Waals surface area contributed by atoms with Gasteiger partial charge in [-0.3, -0.25) is 19.6 Å². The standard InChI is InChI=1S/C38H37F2N5O6S/c1-37(2,3)32(30(49-4)20-50-36(41)48)26-7-5-6-25(45-26)31-19-27-33(52-31)29(14-17-42-27)51-28-13-12-23(18-24(28)40)44-35(47)38(15-16-38)34(46)43-22-10-8-21(39)9-11-22/h5-14,17-19,30,32H,15-16,20H2,1-4H3,(H2,41,48)(H,43,46)(H,44,47). The molecule has 3 heterocycles. The first-order valence-corrected chi connectivity index (χ1v) is 17.3. The Balaban J connectivity index is 1.19. The summed E-state index contributed by atoms with van der Waals surface area (Å²) < 4.78 is 46.2. The van der Waals surface area contributed by atoms with Crippen molar-refractivity contribution in [3.8, 4) is 22.1 Å². The number of fused-ring (bicyclic) bond motifs is 1. The lowest BCUT2D eigenvalue weighted by molar-refractivity contribution is -0.131. The summed E-state index contributed by atoms with van der Waals surface area (Å²) in [5.74, 6) is -2.21. The van der Waals surface area contributed by atoms with Crippen molar-refractivity contribution in [1.29, 1.82) is 0 Å². The van der Waals surface area contributed by atoms with Crippen LogP contribution in [-0.4, -0.2) is 47.7 Å². The second-order valence-corrected chi connectivity index (χ2v) is 14.6.